The molecule has 3 heterocycles. The van der Waals surface area contributed by atoms with Crippen LogP contribution in [-0.2, 0) is 42.8 Å². The van der Waals surface area contributed by atoms with Crippen molar-refractivity contribution in [1.29, 1.82) is 0 Å². The highest BCUT2D eigenvalue weighted by atomic mass is 16.8. The van der Waals surface area contributed by atoms with E-state index in [1.807, 2.05) is 0 Å². The third-order valence-corrected chi connectivity index (χ3v) is 17.3. The molecule has 3 aliphatic heterocycles. The van der Waals surface area contributed by atoms with Crippen molar-refractivity contribution >= 4 is 17.7 Å². The Labute approximate surface area is 514 Å². The summed E-state index contributed by atoms with van der Waals surface area (Å²) in [6.45, 7) is 8.12. The summed E-state index contributed by atoms with van der Waals surface area (Å²) in [5.74, 6) is -1.47. The molecule has 0 radical (unpaired) electrons. The molecule has 19 atom stereocenters. The molecule has 0 bridgehead atoms. The lowest BCUT2D eigenvalue weighted by Crippen LogP contribution is -2.71. The van der Waals surface area contributed by atoms with E-state index in [4.69, 9.17) is 28.4 Å². The van der Waals surface area contributed by atoms with E-state index in [2.05, 4.69) is 36.7 Å². The molecule has 0 aliphatic carbocycles. The van der Waals surface area contributed by atoms with Crippen LogP contribution in [0, 0.1) is 5.92 Å². The van der Waals surface area contributed by atoms with Crippen molar-refractivity contribution in [3.8, 4) is 0 Å². The fraction of sp³-hybridized carbons (Fsp3) is 0.953. The normalized spacial score (nSPS) is 29.3. The Bertz CT molecular complexity index is 1760. The molecule has 506 valence electrons. The van der Waals surface area contributed by atoms with Gasteiger partial charge in [0, 0.05) is 13.8 Å². The summed E-state index contributed by atoms with van der Waals surface area (Å²) < 4.78 is 36.9. The van der Waals surface area contributed by atoms with Crippen molar-refractivity contribution in [2.75, 3.05) is 19.8 Å². The van der Waals surface area contributed by atoms with Gasteiger partial charge in [0.05, 0.1) is 38.1 Å². The largest absolute Gasteiger partial charge is 0.394 e. The van der Waals surface area contributed by atoms with Crippen molar-refractivity contribution in [2.45, 2.75) is 363 Å². The summed E-state index contributed by atoms with van der Waals surface area (Å²) in [6.07, 6.45) is 9.30. The quantitative estimate of drug-likeness (QED) is 0.0335. The second kappa shape index (κ2) is 45.1. The smallest absolute Gasteiger partial charge is 0.249 e. The summed E-state index contributed by atoms with van der Waals surface area (Å²) in [5.41, 5.74) is 0. The lowest BCUT2D eigenvalue weighted by Gasteiger charge is -2.50. The highest BCUT2D eigenvalue weighted by Gasteiger charge is 2.55. The second-order valence-corrected chi connectivity index (χ2v) is 25.4. The molecule has 22 heteroatoms. The molecular formula is C64H121N3O19. The van der Waals surface area contributed by atoms with Gasteiger partial charge in [-0.2, -0.15) is 0 Å². The fourth-order valence-corrected chi connectivity index (χ4v) is 11.9. The lowest BCUT2D eigenvalue weighted by molar-refractivity contribution is -0.366. The van der Waals surface area contributed by atoms with Crippen LogP contribution in [0.4, 0.5) is 0 Å². The maximum absolute atomic E-state index is 13.8. The first-order valence-corrected chi connectivity index (χ1v) is 33.7. The van der Waals surface area contributed by atoms with Gasteiger partial charge in [0.1, 0.15) is 79.2 Å². The van der Waals surface area contributed by atoms with E-state index in [1.165, 1.54) is 135 Å². The molecule has 86 heavy (non-hydrogen) atoms. The third kappa shape index (κ3) is 29.4. The summed E-state index contributed by atoms with van der Waals surface area (Å²) in [4.78, 5) is 39.4. The van der Waals surface area contributed by atoms with E-state index in [1.54, 1.807) is 0 Å². The zero-order chi connectivity index (χ0) is 63.4. The average molecular weight is 1240 g/mol. The Kier molecular flexibility index (Phi) is 40.9. The molecule has 0 aromatic heterocycles. The number of nitrogens with one attached hydrogen (secondary N) is 3. The van der Waals surface area contributed by atoms with Gasteiger partial charge in [0.2, 0.25) is 17.7 Å². The summed E-state index contributed by atoms with van der Waals surface area (Å²) in [6, 6.07) is -4.44. The predicted octanol–water partition coefficient (Wildman–Crippen LogP) is 5.49. The number of amides is 3. The molecule has 3 saturated heterocycles. The van der Waals surface area contributed by atoms with Gasteiger partial charge in [-0.1, -0.05) is 213 Å². The minimum Gasteiger partial charge on any atom is -0.394 e. The minimum atomic E-state index is -1.92. The number of rotatable bonds is 48. The molecule has 13 N–H and O–H groups in total. The number of hydrogen-bond donors (Lipinski definition) is 13. The van der Waals surface area contributed by atoms with E-state index < -0.39 is 154 Å². The SMILES string of the molecule is CCCCCCCCCCCCCCCCCCCCC[C@@H](O)C(=O)N[C@@H](CO[C@@H]1OC(CO)[C@@H](O[C@@H]2OC(CO)[C@H](O)C(O)[C@@H]2NC(C)=O)[C@H](O[C@H]2OC(C)[C@H](O)[C@@H](O)C2O)C1NC(C)=O)[C@H](O)[C@H](O)CCCCCCCCCCCCC(C)C. The highest BCUT2D eigenvalue weighted by Crippen LogP contribution is 2.34. The Morgan fingerprint density at radius 3 is 1.37 bits per heavy atom. The monoisotopic (exact) mass is 1240 g/mol. The van der Waals surface area contributed by atoms with Crippen molar-refractivity contribution in [3.05, 3.63) is 0 Å². The fourth-order valence-electron chi connectivity index (χ4n) is 11.9. The third-order valence-electron chi connectivity index (χ3n) is 17.3. The molecule has 3 rings (SSSR count). The molecule has 22 nitrogen and oxygen atoms in total. The van der Waals surface area contributed by atoms with Crippen LogP contribution in [0.5, 0.6) is 0 Å². The van der Waals surface area contributed by atoms with Crippen LogP contribution in [0.2, 0.25) is 0 Å². The van der Waals surface area contributed by atoms with Crippen molar-refractivity contribution in [2.24, 2.45) is 5.92 Å². The number of carbonyl (C=O) groups is 3. The van der Waals surface area contributed by atoms with Gasteiger partial charge in [0.15, 0.2) is 18.9 Å². The Balaban J connectivity index is 1.75. The number of aliphatic hydroxyl groups excluding tert-OH is 10. The van der Waals surface area contributed by atoms with Gasteiger partial charge in [-0.05, 0) is 25.7 Å². The summed E-state index contributed by atoms with van der Waals surface area (Å²) in [7, 11) is 0. The zero-order valence-electron chi connectivity index (χ0n) is 53.4. The van der Waals surface area contributed by atoms with Crippen LogP contribution in [0.3, 0.4) is 0 Å². The van der Waals surface area contributed by atoms with E-state index in [0.717, 1.165) is 71.1 Å². The van der Waals surface area contributed by atoms with Gasteiger partial charge in [-0.15, -0.1) is 0 Å². The van der Waals surface area contributed by atoms with Crippen LogP contribution >= 0.6 is 0 Å². The molecule has 0 saturated carbocycles. The van der Waals surface area contributed by atoms with Gasteiger partial charge in [-0.25, -0.2) is 0 Å². The summed E-state index contributed by atoms with van der Waals surface area (Å²) >= 11 is 0. The molecular weight excluding hydrogens is 1110 g/mol. The molecule has 3 fully saturated rings. The van der Waals surface area contributed by atoms with Crippen molar-refractivity contribution < 1.29 is 93.9 Å². The maximum atomic E-state index is 13.8. The van der Waals surface area contributed by atoms with E-state index >= 15 is 0 Å². The summed E-state index contributed by atoms with van der Waals surface area (Å²) in [5, 5.41) is 118. The Morgan fingerprint density at radius 2 is 0.907 bits per heavy atom. The van der Waals surface area contributed by atoms with Gasteiger partial charge in [-0.3, -0.25) is 14.4 Å². The number of hydrogen-bond acceptors (Lipinski definition) is 19. The van der Waals surface area contributed by atoms with Gasteiger partial charge >= 0.3 is 0 Å². The Morgan fingerprint density at radius 1 is 0.477 bits per heavy atom. The van der Waals surface area contributed by atoms with Crippen LogP contribution in [-0.4, -0.2) is 205 Å². The van der Waals surface area contributed by atoms with Crippen molar-refractivity contribution in [3.63, 3.8) is 0 Å². The van der Waals surface area contributed by atoms with E-state index in [9.17, 15) is 65.4 Å². The molecule has 3 aliphatic rings. The first-order chi connectivity index (χ1) is 41.2. The highest BCUT2D eigenvalue weighted by molar-refractivity contribution is 5.80. The van der Waals surface area contributed by atoms with Gasteiger partial charge in [0.25, 0.3) is 0 Å². The second-order valence-electron chi connectivity index (χ2n) is 25.4. The zero-order valence-corrected chi connectivity index (χ0v) is 53.4. The molecule has 3 amide bonds. The van der Waals surface area contributed by atoms with E-state index in [0.29, 0.717) is 12.8 Å². The first-order valence-electron chi connectivity index (χ1n) is 33.7. The molecule has 0 spiro atoms. The number of unbranched alkanes of at least 4 members (excludes halogenated alkanes) is 27. The standard InChI is InChI=1S/C64H121N3O19/c1-7-8-9-10-11-12-13-14-15-16-17-18-19-20-21-26-29-32-35-38-48(73)61(80)67-46(54(75)47(72)37-34-31-28-25-23-22-24-27-30-33-36-42(2)3)41-81-62-52(66-45(6)71)60(86-64-58(79)57(78)53(74)43(4)82-64)59(50(40-69)84-62)85-63-51(65-44(5)70)56(77)55(76)49(39-68)83-63/h42-43,46-60,62-64,68-69,72-79H,7-41H2,1-6H3,(H,65,70)(H,66,71)(H,67,80)/t43?,46-,47+,48+,49?,50?,51-,52?,53-,54-,55-,56?,57+,58?,59+,60+,62+,63-,64+/m0/s1. The van der Waals surface area contributed by atoms with Crippen LogP contribution in [0.15, 0.2) is 0 Å². The first kappa shape index (κ1) is 78.0. The molecule has 0 aromatic rings. The minimum absolute atomic E-state index is 0.145. The average Bonchev–Trinajstić information content (AvgIpc) is 1.17. The molecule has 6 unspecified atom stereocenters. The van der Waals surface area contributed by atoms with E-state index in [-0.39, 0.29) is 12.8 Å². The van der Waals surface area contributed by atoms with Crippen LogP contribution in [0.1, 0.15) is 247 Å². The number of aliphatic hydroxyl groups is 10. The molecule has 0 aromatic carbocycles. The predicted molar refractivity (Wildman–Crippen MR) is 325 cm³/mol. The van der Waals surface area contributed by atoms with Crippen molar-refractivity contribution in [1.82, 2.24) is 16.0 Å². The number of carbonyl (C=O) groups excluding carboxylic acids is 3. The van der Waals surface area contributed by atoms with Gasteiger partial charge < -0.3 is 95.4 Å². The maximum Gasteiger partial charge on any atom is 0.249 e. The number of ether oxygens (including phenoxy) is 6. The lowest BCUT2D eigenvalue weighted by atomic mass is 9.93. The van der Waals surface area contributed by atoms with Crippen LogP contribution < -0.4 is 16.0 Å². The topological polar surface area (TPSA) is 345 Å². The van der Waals surface area contributed by atoms with Crippen LogP contribution in [0.25, 0.3) is 0 Å². The Hall–Kier alpha value is -2.23.